The van der Waals surface area contributed by atoms with E-state index in [1.165, 1.54) is 0 Å². The molecule has 0 saturated heterocycles. The topological polar surface area (TPSA) is 203 Å². The highest BCUT2D eigenvalue weighted by Gasteiger charge is 2.54. The van der Waals surface area contributed by atoms with Crippen LogP contribution in [0.4, 0.5) is 0 Å². The summed E-state index contributed by atoms with van der Waals surface area (Å²) in [5.74, 6) is 0. The van der Waals surface area contributed by atoms with E-state index in [9.17, 15) is 24.4 Å². The van der Waals surface area contributed by atoms with E-state index in [0.717, 1.165) is 7.11 Å². The molecule has 1 rings (SSSR count). The molecule has 12 nitrogen and oxygen atoms in total. The van der Waals surface area contributed by atoms with Crippen molar-refractivity contribution in [2.24, 2.45) is 0 Å². The maximum Gasteiger partial charge on any atom is 0.470 e. The van der Waals surface area contributed by atoms with Gasteiger partial charge in [-0.25, -0.2) is 9.13 Å². The summed E-state index contributed by atoms with van der Waals surface area (Å²) in [5, 5.41) is 29.3. The van der Waals surface area contributed by atoms with Crippen LogP contribution in [0, 0.1) is 0 Å². The predicted molar refractivity (Wildman–Crippen MR) is 62.7 cm³/mol. The number of aliphatic hydroxyl groups excluding tert-OH is 3. The van der Waals surface area contributed by atoms with Crippen molar-refractivity contribution >= 4 is 15.6 Å². The summed E-state index contributed by atoms with van der Waals surface area (Å²) in [6.45, 7) is 0. The van der Waals surface area contributed by atoms with E-state index in [0.29, 0.717) is 0 Å². The minimum absolute atomic E-state index is 1.01. The lowest BCUT2D eigenvalue weighted by Gasteiger charge is -2.44. The van der Waals surface area contributed by atoms with Crippen molar-refractivity contribution in [2.45, 2.75) is 36.6 Å². The predicted octanol–water partition coefficient (Wildman–Crippen LogP) is -2.95. The third-order valence-electron chi connectivity index (χ3n) is 2.81. The summed E-state index contributed by atoms with van der Waals surface area (Å²) in [6.07, 6.45) is -11.5. The molecule has 126 valence electrons. The normalized spacial score (nSPS) is 38.5. The van der Waals surface area contributed by atoms with Crippen LogP contribution in [0.15, 0.2) is 0 Å². The number of methoxy groups -OCH3 is 1. The van der Waals surface area contributed by atoms with Gasteiger partial charge < -0.3 is 39.6 Å². The van der Waals surface area contributed by atoms with Gasteiger partial charge in [-0.05, 0) is 0 Å². The maximum absolute atomic E-state index is 10.9. The van der Waals surface area contributed by atoms with Gasteiger partial charge in [-0.15, -0.1) is 0 Å². The highest BCUT2D eigenvalue weighted by atomic mass is 31.2. The zero-order valence-electron chi connectivity index (χ0n) is 10.5. The molecule has 1 fully saturated rings. The number of rotatable bonds is 5. The lowest BCUT2D eigenvalue weighted by Crippen LogP contribution is -2.65. The van der Waals surface area contributed by atoms with Crippen molar-refractivity contribution in [1.29, 1.82) is 0 Å². The highest BCUT2D eigenvalue weighted by Crippen LogP contribution is 2.45. The first-order valence-electron chi connectivity index (χ1n) is 5.42. The Labute approximate surface area is 118 Å². The van der Waals surface area contributed by atoms with Gasteiger partial charge in [-0.1, -0.05) is 0 Å². The molecule has 14 heteroatoms. The van der Waals surface area contributed by atoms with Gasteiger partial charge >= 0.3 is 15.6 Å². The molecule has 0 aromatic carbocycles. The van der Waals surface area contributed by atoms with Gasteiger partial charge in [0.25, 0.3) is 0 Å². The number of hydrogen-bond acceptors (Lipinski definition) is 8. The Bertz CT molecular complexity index is 443. The number of phosphoric ester groups is 2. The molecule has 0 unspecified atom stereocenters. The van der Waals surface area contributed by atoms with Crippen LogP contribution in [0.5, 0.6) is 0 Å². The molecule has 0 heterocycles. The van der Waals surface area contributed by atoms with E-state index in [4.69, 9.17) is 24.3 Å². The average molecular weight is 354 g/mol. The Balaban J connectivity index is 3.09. The third kappa shape index (κ3) is 5.03. The smallest absolute Gasteiger partial charge is 0.387 e. The molecule has 21 heavy (non-hydrogen) atoms. The van der Waals surface area contributed by atoms with Crippen LogP contribution >= 0.6 is 15.6 Å². The number of phosphoric acid groups is 2. The molecule has 0 aromatic heterocycles. The minimum atomic E-state index is -5.16. The fourth-order valence-electron chi connectivity index (χ4n) is 2.00. The van der Waals surface area contributed by atoms with Crippen molar-refractivity contribution in [1.82, 2.24) is 0 Å². The summed E-state index contributed by atoms with van der Waals surface area (Å²) in [7, 11) is -9.28. The summed E-state index contributed by atoms with van der Waals surface area (Å²) in [6, 6.07) is 0. The SMILES string of the molecule is CO[C@@H]1[C@@H](O)[C@@H](O)[C@@H](OP(=O)(O)O)[C@H](O)[C@H]1OP(=O)(O)O. The Morgan fingerprint density at radius 3 is 1.48 bits per heavy atom. The maximum atomic E-state index is 10.9. The molecule has 0 aromatic rings. The lowest BCUT2D eigenvalue weighted by atomic mass is 9.85. The second kappa shape index (κ2) is 6.67. The first-order valence-corrected chi connectivity index (χ1v) is 8.48. The third-order valence-corrected chi connectivity index (χ3v) is 3.85. The van der Waals surface area contributed by atoms with E-state index in [-0.39, 0.29) is 0 Å². The monoisotopic (exact) mass is 354 g/mol. The Morgan fingerprint density at radius 2 is 1.10 bits per heavy atom. The molecule has 0 bridgehead atoms. The van der Waals surface area contributed by atoms with Crippen LogP contribution in [0.2, 0.25) is 0 Å². The molecule has 1 aliphatic carbocycles. The molecule has 0 amide bonds. The first kappa shape index (κ1) is 19.1. The van der Waals surface area contributed by atoms with E-state index in [1.807, 2.05) is 0 Å². The van der Waals surface area contributed by atoms with Gasteiger partial charge in [-0.3, -0.25) is 9.05 Å². The van der Waals surface area contributed by atoms with Crippen LogP contribution in [-0.4, -0.2) is 78.6 Å². The van der Waals surface area contributed by atoms with Gasteiger partial charge in [0, 0.05) is 7.11 Å². The zero-order chi connectivity index (χ0) is 16.6. The number of ether oxygens (including phenoxy) is 1. The molecule has 0 aliphatic heterocycles. The van der Waals surface area contributed by atoms with E-state index in [1.54, 1.807) is 0 Å². The largest absolute Gasteiger partial charge is 0.470 e. The van der Waals surface area contributed by atoms with Crippen LogP contribution in [0.3, 0.4) is 0 Å². The zero-order valence-corrected chi connectivity index (χ0v) is 12.3. The van der Waals surface area contributed by atoms with Crippen molar-refractivity contribution in [3.8, 4) is 0 Å². The number of hydrogen-bond donors (Lipinski definition) is 7. The number of aliphatic hydroxyl groups is 3. The fourth-order valence-corrected chi connectivity index (χ4v) is 3.13. The second-order valence-corrected chi connectivity index (χ2v) is 6.68. The molecule has 1 saturated carbocycles. The quantitative estimate of drug-likeness (QED) is 0.248. The molecular weight excluding hydrogens is 338 g/mol. The van der Waals surface area contributed by atoms with Crippen molar-refractivity contribution in [3.63, 3.8) is 0 Å². The molecular formula is C7H16O12P2. The summed E-state index contributed by atoms with van der Waals surface area (Å²) < 4.78 is 34.7. The average Bonchev–Trinajstić information content (AvgIpc) is 2.29. The van der Waals surface area contributed by atoms with Gasteiger partial charge in [0.05, 0.1) is 0 Å². The summed E-state index contributed by atoms with van der Waals surface area (Å²) >= 11 is 0. The van der Waals surface area contributed by atoms with Gasteiger partial charge in [-0.2, -0.15) is 0 Å². The minimum Gasteiger partial charge on any atom is -0.387 e. The molecule has 0 radical (unpaired) electrons. The van der Waals surface area contributed by atoms with Gasteiger partial charge in [0.2, 0.25) is 0 Å². The van der Waals surface area contributed by atoms with Crippen LogP contribution < -0.4 is 0 Å². The molecule has 6 atom stereocenters. The molecule has 7 N–H and O–H groups in total. The van der Waals surface area contributed by atoms with E-state index in [2.05, 4.69) is 9.05 Å². The van der Waals surface area contributed by atoms with Gasteiger partial charge in [0.15, 0.2) is 0 Å². The van der Waals surface area contributed by atoms with Crippen molar-refractivity contribution in [2.75, 3.05) is 7.11 Å². The van der Waals surface area contributed by atoms with Gasteiger partial charge in [0.1, 0.15) is 36.6 Å². The highest BCUT2D eigenvalue weighted by molar-refractivity contribution is 7.46. The lowest BCUT2D eigenvalue weighted by molar-refractivity contribution is -0.222. The van der Waals surface area contributed by atoms with E-state index >= 15 is 0 Å². The standard InChI is InChI=1S/C7H16O12P2/c1-17-6-3(9)2(8)5(18-20(11,12)13)4(10)7(6)19-21(14,15)16/h2-10H,1H3,(H2,11,12,13)(H2,14,15,16)/t2-,3+,4+,5-,6-,7-/m1/s1. The van der Waals surface area contributed by atoms with Crippen LogP contribution in [-0.2, 0) is 22.9 Å². The second-order valence-electron chi connectivity index (χ2n) is 4.29. The fraction of sp³-hybridized carbons (Fsp3) is 1.00. The summed E-state index contributed by atoms with van der Waals surface area (Å²) in [4.78, 5) is 34.9. The van der Waals surface area contributed by atoms with Crippen LogP contribution in [0.1, 0.15) is 0 Å². The Morgan fingerprint density at radius 1 is 0.714 bits per heavy atom. The Hall–Kier alpha value is 0.0600. The van der Waals surface area contributed by atoms with E-state index < -0.39 is 52.3 Å². The van der Waals surface area contributed by atoms with Crippen LogP contribution in [0.25, 0.3) is 0 Å². The molecule has 0 spiro atoms. The van der Waals surface area contributed by atoms with Crippen molar-refractivity contribution in [3.05, 3.63) is 0 Å². The van der Waals surface area contributed by atoms with Crippen molar-refractivity contribution < 1.29 is 57.8 Å². The Kier molecular flexibility index (Phi) is 6.07. The summed E-state index contributed by atoms with van der Waals surface area (Å²) in [5.41, 5.74) is 0. The molecule has 1 aliphatic rings. The first-order chi connectivity index (χ1) is 9.37.